The van der Waals surface area contributed by atoms with Crippen LogP contribution in [0.2, 0.25) is 0 Å². The second-order valence-electron chi connectivity index (χ2n) is 5.20. The number of hydrogen-bond acceptors (Lipinski definition) is 3. The van der Waals surface area contributed by atoms with Crippen LogP contribution in [0.25, 0.3) is 0 Å². The van der Waals surface area contributed by atoms with Gasteiger partial charge in [-0.2, -0.15) is 0 Å². The van der Waals surface area contributed by atoms with Crippen molar-refractivity contribution in [2.24, 2.45) is 5.92 Å². The van der Waals surface area contributed by atoms with Gasteiger partial charge in [0.25, 0.3) is 0 Å². The zero-order chi connectivity index (χ0) is 13.8. The van der Waals surface area contributed by atoms with Crippen molar-refractivity contribution < 1.29 is 13.9 Å². The number of halogens is 1. The van der Waals surface area contributed by atoms with E-state index in [1.807, 2.05) is 0 Å². The second kappa shape index (κ2) is 6.04. The summed E-state index contributed by atoms with van der Waals surface area (Å²) in [7, 11) is 0. The van der Waals surface area contributed by atoms with Gasteiger partial charge in [0, 0.05) is 0 Å². The molecule has 1 fully saturated rings. The monoisotopic (exact) mass is 265 g/mol. The number of carbonyl (C=O) groups excluding carboxylic acids is 1. The van der Waals surface area contributed by atoms with E-state index in [0.717, 1.165) is 25.7 Å². The quantitative estimate of drug-likeness (QED) is 0.672. The fourth-order valence-electron chi connectivity index (χ4n) is 2.61. The molecule has 2 N–H and O–H groups in total. The predicted molar refractivity (Wildman–Crippen MR) is 72.3 cm³/mol. The third-order valence-corrected chi connectivity index (χ3v) is 3.82. The van der Waals surface area contributed by atoms with Crippen molar-refractivity contribution in [1.82, 2.24) is 0 Å². The van der Waals surface area contributed by atoms with Crippen molar-refractivity contribution in [1.29, 1.82) is 0 Å². The Morgan fingerprint density at radius 2 is 2.26 bits per heavy atom. The molecule has 2 rings (SSSR count). The molecule has 1 aliphatic carbocycles. The van der Waals surface area contributed by atoms with Crippen LogP contribution >= 0.6 is 0 Å². The molecule has 1 aromatic rings. The normalized spacial score (nSPS) is 23.1. The highest BCUT2D eigenvalue weighted by atomic mass is 19.1. The van der Waals surface area contributed by atoms with Crippen LogP contribution in [0.15, 0.2) is 18.2 Å². The first-order valence-corrected chi connectivity index (χ1v) is 6.86. The van der Waals surface area contributed by atoms with Crippen LogP contribution in [0.3, 0.4) is 0 Å². The van der Waals surface area contributed by atoms with Gasteiger partial charge in [-0.15, -0.1) is 0 Å². The summed E-state index contributed by atoms with van der Waals surface area (Å²) in [5.74, 6) is -0.279. The average Bonchev–Trinajstić information content (AvgIpc) is 2.42. The second-order valence-corrected chi connectivity index (χ2v) is 5.20. The first-order valence-electron chi connectivity index (χ1n) is 6.86. The van der Waals surface area contributed by atoms with Gasteiger partial charge >= 0.3 is 5.97 Å². The van der Waals surface area contributed by atoms with Gasteiger partial charge in [0.2, 0.25) is 0 Å². The number of benzene rings is 1. The van der Waals surface area contributed by atoms with E-state index in [9.17, 15) is 9.18 Å². The minimum atomic E-state index is -0.514. The Bertz CT molecular complexity index is 461. The van der Waals surface area contributed by atoms with Crippen LogP contribution in [0.1, 0.15) is 49.4 Å². The molecule has 19 heavy (non-hydrogen) atoms. The lowest BCUT2D eigenvalue weighted by atomic mass is 9.85. The summed E-state index contributed by atoms with van der Waals surface area (Å²) in [6.45, 7) is 2.16. The summed E-state index contributed by atoms with van der Waals surface area (Å²) < 4.78 is 18.5. The Kier molecular flexibility index (Phi) is 4.40. The van der Waals surface area contributed by atoms with Gasteiger partial charge in [-0.05, 0) is 43.4 Å². The van der Waals surface area contributed by atoms with E-state index in [2.05, 4.69) is 6.92 Å². The maximum absolute atomic E-state index is 13.0. The Morgan fingerprint density at radius 3 is 2.95 bits per heavy atom. The maximum Gasteiger partial charge on any atom is 0.338 e. The molecule has 0 heterocycles. The standard InChI is InChI=1S/C15H20FNO2/c1-2-10-4-3-5-12(8-10)19-15(18)11-6-7-13(16)14(17)9-11/h6-7,9-10,12H,2-5,8,17H2,1H3. The number of esters is 1. The van der Waals surface area contributed by atoms with E-state index in [1.165, 1.54) is 24.6 Å². The van der Waals surface area contributed by atoms with Crippen molar-refractivity contribution in [3.8, 4) is 0 Å². The number of anilines is 1. The lowest BCUT2D eigenvalue weighted by molar-refractivity contribution is 0.0140. The van der Waals surface area contributed by atoms with Gasteiger partial charge in [0.1, 0.15) is 11.9 Å². The van der Waals surface area contributed by atoms with E-state index in [-0.39, 0.29) is 11.8 Å². The maximum atomic E-state index is 13.0. The zero-order valence-corrected chi connectivity index (χ0v) is 11.2. The van der Waals surface area contributed by atoms with Gasteiger partial charge in [-0.25, -0.2) is 9.18 Å². The SMILES string of the molecule is CCC1CCCC(OC(=O)c2ccc(F)c(N)c2)C1. The molecule has 0 aliphatic heterocycles. The molecule has 0 aromatic heterocycles. The lowest BCUT2D eigenvalue weighted by Crippen LogP contribution is -2.25. The van der Waals surface area contributed by atoms with E-state index >= 15 is 0 Å². The molecule has 0 bridgehead atoms. The molecule has 1 aliphatic rings. The minimum absolute atomic E-state index is 0.0162. The van der Waals surface area contributed by atoms with Gasteiger partial charge < -0.3 is 10.5 Å². The summed E-state index contributed by atoms with van der Waals surface area (Å²) in [5, 5.41) is 0. The Morgan fingerprint density at radius 1 is 1.47 bits per heavy atom. The van der Waals surface area contributed by atoms with Crippen molar-refractivity contribution in [2.45, 2.75) is 45.1 Å². The van der Waals surface area contributed by atoms with E-state index in [4.69, 9.17) is 10.5 Å². The van der Waals surface area contributed by atoms with Crippen LogP contribution in [-0.2, 0) is 4.74 Å². The number of carbonyl (C=O) groups is 1. The van der Waals surface area contributed by atoms with Crippen LogP contribution in [0.4, 0.5) is 10.1 Å². The number of ether oxygens (including phenoxy) is 1. The Hall–Kier alpha value is -1.58. The number of rotatable bonds is 3. The minimum Gasteiger partial charge on any atom is -0.459 e. The summed E-state index contributed by atoms with van der Waals surface area (Å²) in [6.07, 6.45) is 5.27. The van der Waals surface area contributed by atoms with Crippen LogP contribution in [0, 0.1) is 11.7 Å². The molecule has 104 valence electrons. The highest BCUT2D eigenvalue weighted by Gasteiger charge is 2.24. The van der Waals surface area contributed by atoms with Gasteiger partial charge in [-0.3, -0.25) is 0 Å². The molecular formula is C15H20FNO2. The molecule has 1 saturated carbocycles. The third-order valence-electron chi connectivity index (χ3n) is 3.82. The number of nitrogen functional groups attached to an aromatic ring is 1. The van der Waals surface area contributed by atoms with Crippen LogP contribution in [0.5, 0.6) is 0 Å². The Balaban J connectivity index is 1.98. The molecule has 1 aromatic carbocycles. The summed E-state index contributed by atoms with van der Waals surface area (Å²) in [4.78, 5) is 12.0. The molecule has 3 nitrogen and oxygen atoms in total. The molecule has 0 radical (unpaired) electrons. The van der Waals surface area contributed by atoms with Gasteiger partial charge in [0.15, 0.2) is 0 Å². The highest BCUT2D eigenvalue weighted by Crippen LogP contribution is 2.29. The molecule has 2 unspecified atom stereocenters. The first-order chi connectivity index (χ1) is 9.10. The van der Waals surface area contributed by atoms with Crippen molar-refractivity contribution in [3.05, 3.63) is 29.6 Å². The van der Waals surface area contributed by atoms with Crippen LogP contribution in [-0.4, -0.2) is 12.1 Å². The Labute approximate surface area is 112 Å². The molecule has 0 saturated heterocycles. The largest absolute Gasteiger partial charge is 0.459 e. The molecule has 2 atom stereocenters. The van der Waals surface area contributed by atoms with Crippen molar-refractivity contribution >= 4 is 11.7 Å². The van der Waals surface area contributed by atoms with Crippen molar-refractivity contribution in [3.63, 3.8) is 0 Å². The number of hydrogen-bond donors (Lipinski definition) is 1. The van der Waals surface area contributed by atoms with E-state index in [0.29, 0.717) is 11.5 Å². The molecule has 0 amide bonds. The molecule has 0 spiro atoms. The van der Waals surface area contributed by atoms with Crippen molar-refractivity contribution in [2.75, 3.05) is 5.73 Å². The van der Waals surface area contributed by atoms with E-state index in [1.54, 1.807) is 0 Å². The predicted octanol–water partition coefficient (Wildman–Crippen LogP) is 3.53. The fraction of sp³-hybridized carbons (Fsp3) is 0.533. The lowest BCUT2D eigenvalue weighted by Gasteiger charge is -2.28. The highest BCUT2D eigenvalue weighted by molar-refractivity contribution is 5.90. The molecular weight excluding hydrogens is 245 g/mol. The first kappa shape index (κ1) is 13.8. The summed E-state index contributed by atoms with van der Waals surface area (Å²) >= 11 is 0. The summed E-state index contributed by atoms with van der Waals surface area (Å²) in [5.41, 5.74) is 5.75. The number of nitrogens with two attached hydrogens (primary N) is 1. The smallest absolute Gasteiger partial charge is 0.338 e. The molecule has 4 heteroatoms. The third kappa shape index (κ3) is 3.46. The van der Waals surface area contributed by atoms with E-state index < -0.39 is 11.8 Å². The summed E-state index contributed by atoms with van der Waals surface area (Å²) in [6, 6.07) is 3.94. The van der Waals surface area contributed by atoms with Crippen LogP contribution < -0.4 is 5.73 Å². The topological polar surface area (TPSA) is 52.3 Å². The van der Waals surface area contributed by atoms with Gasteiger partial charge in [0.05, 0.1) is 11.3 Å². The zero-order valence-electron chi connectivity index (χ0n) is 11.2. The van der Waals surface area contributed by atoms with Gasteiger partial charge in [-0.1, -0.05) is 19.8 Å². The average molecular weight is 265 g/mol. The fourth-order valence-corrected chi connectivity index (χ4v) is 2.61.